The number of methoxy groups -OCH3 is 1. The van der Waals surface area contributed by atoms with Crippen LogP contribution in [0.25, 0.3) is 0 Å². The van der Waals surface area contributed by atoms with Crippen molar-refractivity contribution in [2.45, 2.75) is 89.4 Å². The van der Waals surface area contributed by atoms with Gasteiger partial charge in [-0.25, -0.2) is 15.0 Å². The fraction of sp³-hybridized carbons (Fsp3) is 0.543. The van der Waals surface area contributed by atoms with Crippen molar-refractivity contribution in [1.29, 1.82) is 0 Å². The number of azo groups is 1. The van der Waals surface area contributed by atoms with E-state index in [0.717, 1.165) is 38.0 Å². The molecule has 0 unspecified atom stereocenters. The van der Waals surface area contributed by atoms with E-state index in [1.807, 2.05) is 11.8 Å². The average molecular weight is 683 g/mol. The van der Waals surface area contributed by atoms with E-state index in [1.165, 1.54) is 32.5 Å². The Hall–Kier alpha value is -5.08. The van der Waals surface area contributed by atoms with Crippen LogP contribution < -0.4 is 26.1 Å². The lowest BCUT2D eigenvalue weighted by atomic mass is 9.37. The van der Waals surface area contributed by atoms with Crippen molar-refractivity contribution in [3.63, 3.8) is 0 Å². The first kappa shape index (κ1) is 32.1. The molecule has 3 aromatic heterocycles. The van der Waals surface area contributed by atoms with Gasteiger partial charge in [-0.15, -0.1) is 5.11 Å². The predicted octanol–water partition coefficient (Wildman–Crippen LogP) is 3.56. The molecule has 4 heterocycles. The summed E-state index contributed by atoms with van der Waals surface area (Å²) < 4.78 is 6.93. The third-order valence-electron chi connectivity index (χ3n) is 11.7. The molecular formula is C35H42N10O5. The summed E-state index contributed by atoms with van der Waals surface area (Å²) in [6, 6.07) is 2.86. The maximum absolute atomic E-state index is 14.5. The van der Waals surface area contributed by atoms with Gasteiger partial charge in [0.2, 0.25) is 17.2 Å². The van der Waals surface area contributed by atoms with Crippen LogP contribution in [0.1, 0.15) is 73.7 Å². The van der Waals surface area contributed by atoms with Crippen molar-refractivity contribution in [2.24, 2.45) is 21.6 Å². The predicted molar refractivity (Wildman–Crippen MR) is 183 cm³/mol. The Kier molecular flexibility index (Phi) is 7.56. The molecule has 2 amide bonds. The second kappa shape index (κ2) is 11.8. The second-order valence-electron chi connectivity index (χ2n) is 14.6. The van der Waals surface area contributed by atoms with Crippen LogP contribution >= 0.6 is 0 Å². The molecule has 6 fully saturated rings. The number of nitrogens with zero attached hydrogens (tertiary/aromatic N) is 8. The van der Waals surface area contributed by atoms with Crippen molar-refractivity contribution >= 4 is 34.7 Å². The van der Waals surface area contributed by atoms with Gasteiger partial charge in [0.25, 0.3) is 5.91 Å². The van der Waals surface area contributed by atoms with Crippen LogP contribution in [0.2, 0.25) is 0 Å². The fourth-order valence-corrected chi connectivity index (χ4v) is 9.01. The number of ether oxygens (including phenoxy) is 1. The molecule has 1 saturated heterocycles. The van der Waals surface area contributed by atoms with Gasteiger partial charge >= 0.3 is 0 Å². The van der Waals surface area contributed by atoms with E-state index in [0.29, 0.717) is 53.6 Å². The first-order valence-electron chi connectivity index (χ1n) is 17.4. The molecule has 50 heavy (non-hydrogen) atoms. The van der Waals surface area contributed by atoms with Gasteiger partial charge in [-0.1, -0.05) is 6.92 Å². The van der Waals surface area contributed by atoms with Crippen LogP contribution in [0.3, 0.4) is 0 Å². The number of nitrogen functional groups attached to an aromatic ring is 1. The lowest BCUT2D eigenvalue weighted by Gasteiger charge is -2.71. The van der Waals surface area contributed by atoms with Gasteiger partial charge in [0, 0.05) is 42.6 Å². The van der Waals surface area contributed by atoms with Gasteiger partial charge in [0.15, 0.2) is 17.1 Å². The van der Waals surface area contributed by atoms with Crippen molar-refractivity contribution < 1.29 is 19.4 Å². The molecule has 0 radical (unpaired) electrons. The zero-order chi connectivity index (χ0) is 34.9. The highest BCUT2D eigenvalue weighted by atomic mass is 16.5. The maximum atomic E-state index is 14.5. The summed E-state index contributed by atoms with van der Waals surface area (Å²) in [7, 11) is 1.50. The van der Waals surface area contributed by atoms with E-state index in [9.17, 15) is 19.5 Å². The van der Waals surface area contributed by atoms with Crippen LogP contribution in [0, 0.1) is 18.3 Å². The van der Waals surface area contributed by atoms with Gasteiger partial charge in [0.1, 0.15) is 24.4 Å². The minimum Gasteiger partial charge on any atom is -0.504 e. The standard InChI is InChI=1S/C35H42N10O5/c1-4-22-29(43-11-12-44(24-8-7-23(24)43)33(49)28-30(47)19(2)38-18-39-28)31(48)27(42-41-21-9-10-37-26(13-21)50-3)32(36)45(22)14-25(46)40-35-15-34(16-35,17-35)20-5-6-20/h9-10,13,18,20,23-24,47H,4-8,11-12,14-17,36H2,1-3H3,(H,40,46)/t23-,24-,34?,35?/m0/s1. The maximum Gasteiger partial charge on any atom is 0.276 e. The number of aryl methyl sites for hydroxylation is 1. The highest BCUT2D eigenvalue weighted by Gasteiger charge is 2.72. The molecule has 4 N–H and O–H groups in total. The summed E-state index contributed by atoms with van der Waals surface area (Å²) in [5, 5.41) is 22.6. The Morgan fingerprint density at radius 1 is 1.10 bits per heavy atom. The molecule has 0 aromatic carbocycles. The number of amides is 2. The molecule has 3 aromatic rings. The van der Waals surface area contributed by atoms with E-state index in [-0.39, 0.29) is 64.4 Å². The molecule has 15 nitrogen and oxygen atoms in total. The molecule has 5 saturated carbocycles. The molecule has 2 atom stereocenters. The normalized spacial score (nSPS) is 26.5. The largest absolute Gasteiger partial charge is 0.504 e. The van der Waals surface area contributed by atoms with Gasteiger partial charge in [0.05, 0.1) is 24.5 Å². The fourth-order valence-electron chi connectivity index (χ4n) is 9.01. The average Bonchev–Trinajstić information content (AvgIpc) is 3.90. The molecule has 15 heteroatoms. The lowest BCUT2D eigenvalue weighted by molar-refractivity contribution is -0.176. The first-order chi connectivity index (χ1) is 24.1. The summed E-state index contributed by atoms with van der Waals surface area (Å²) in [6.07, 6.45) is 10.4. The van der Waals surface area contributed by atoms with Crippen molar-refractivity contribution in [1.82, 2.24) is 29.7 Å². The van der Waals surface area contributed by atoms with Gasteiger partial charge < -0.3 is 35.3 Å². The van der Waals surface area contributed by atoms with Crippen LogP contribution in [-0.2, 0) is 17.8 Å². The molecular weight excluding hydrogens is 640 g/mol. The molecule has 6 aliphatic rings. The first-order valence-corrected chi connectivity index (χ1v) is 17.4. The third kappa shape index (κ3) is 5.07. The smallest absolute Gasteiger partial charge is 0.276 e. The summed E-state index contributed by atoms with van der Waals surface area (Å²) in [6.45, 7) is 4.14. The summed E-state index contributed by atoms with van der Waals surface area (Å²) in [5.74, 6) is 0.479. The zero-order valence-corrected chi connectivity index (χ0v) is 28.6. The number of nitrogens with two attached hydrogens (primary N) is 1. The Labute approximate surface area is 289 Å². The molecule has 262 valence electrons. The number of fused-ring (bicyclic) bond motifs is 1. The Bertz CT molecular complexity index is 1970. The van der Waals surface area contributed by atoms with E-state index < -0.39 is 0 Å². The number of hydrogen-bond donors (Lipinski definition) is 3. The van der Waals surface area contributed by atoms with E-state index in [4.69, 9.17) is 10.5 Å². The highest BCUT2D eigenvalue weighted by Crippen LogP contribution is 2.75. The number of anilines is 2. The Morgan fingerprint density at radius 2 is 1.86 bits per heavy atom. The number of pyridine rings is 2. The van der Waals surface area contributed by atoms with Crippen LogP contribution in [0.15, 0.2) is 39.7 Å². The van der Waals surface area contributed by atoms with Crippen LogP contribution in [-0.4, -0.2) is 79.2 Å². The summed E-state index contributed by atoms with van der Waals surface area (Å²) >= 11 is 0. The minimum atomic E-state index is -0.388. The van der Waals surface area contributed by atoms with E-state index in [2.05, 4.69) is 30.5 Å². The Balaban J connectivity index is 1.13. The molecule has 2 bridgehead atoms. The second-order valence-corrected chi connectivity index (χ2v) is 14.6. The number of nitrogens with one attached hydrogen (secondary N) is 1. The summed E-state index contributed by atoms with van der Waals surface area (Å²) in [4.78, 5) is 57.8. The third-order valence-corrected chi connectivity index (χ3v) is 11.7. The SMILES string of the molecule is CCc1c(N2CCN(C(=O)c3ncnc(C)c3O)[C@H]3CC[C@@H]32)c(=O)c(N=Nc2ccnc(OC)c2)c(N)n1CC(=O)NC12CC(C3CC3)(C1)C2. The number of rotatable bonds is 10. The van der Waals surface area contributed by atoms with Crippen LogP contribution in [0.5, 0.6) is 11.6 Å². The van der Waals surface area contributed by atoms with Crippen molar-refractivity contribution in [3.8, 4) is 11.6 Å². The highest BCUT2D eigenvalue weighted by molar-refractivity contribution is 5.95. The van der Waals surface area contributed by atoms with Gasteiger partial charge in [-0.05, 0) is 75.7 Å². The van der Waals surface area contributed by atoms with Gasteiger partial charge in [-0.2, -0.15) is 5.11 Å². The number of aromatic nitrogens is 4. The zero-order valence-electron chi connectivity index (χ0n) is 28.6. The van der Waals surface area contributed by atoms with Gasteiger partial charge in [-0.3, -0.25) is 14.4 Å². The molecule has 5 aliphatic carbocycles. The molecule has 1 aliphatic heterocycles. The van der Waals surface area contributed by atoms with Crippen LogP contribution in [0.4, 0.5) is 22.9 Å². The lowest BCUT2D eigenvalue weighted by Crippen LogP contribution is -2.75. The number of piperazine rings is 1. The number of carbonyl (C=O) groups is 2. The Morgan fingerprint density at radius 3 is 2.54 bits per heavy atom. The quantitative estimate of drug-likeness (QED) is 0.266. The monoisotopic (exact) mass is 682 g/mol. The summed E-state index contributed by atoms with van der Waals surface area (Å²) in [5.41, 5.74) is 8.34. The minimum absolute atomic E-state index is 0.0334. The molecule has 0 spiro atoms. The van der Waals surface area contributed by atoms with E-state index >= 15 is 0 Å². The van der Waals surface area contributed by atoms with Crippen molar-refractivity contribution in [2.75, 3.05) is 30.8 Å². The topological polar surface area (TPSA) is 194 Å². The number of aromatic hydroxyl groups is 1. The number of carbonyl (C=O) groups excluding carboxylic acids is 2. The van der Waals surface area contributed by atoms with E-state index in [1.54, 1.807) is 28.5 Å². The molecule has 9 rings (SSSR count). The number of hydrogen-bond acceptors (Lipinski definition) is 12. The van der Waals surface area contributed by atoms with Crippen molar-refractivity contribution in [3.05, 3.63) is 52.0 Å².